The second-order valence-corrected chi connectivity index (χ2v) is 2.29. The van der Waals surface area contributed by atoms with Gasteiger partial charge in [0.2, 0.25) is 0 Å². The first-order chi connectivity index (χ1) is 5.76. The number of esters is 1. The lowest BCUT2D eigenvalue weighted by Gasteiger charge is -2.07. The third-order valence-corrected chi connectivity index (χ3v) is 1.35. The first kappa shape index (κ1) is 10.7. The molecule has 0 bridgehead atoms. The number of rotatable bonds is 6. The molecule has 0 N–H and O–H groups in total. The summed E-state index contributed by atoms with van der Waals surface area (Å²) in [7, 11) is 0. The third-order valence-electron chi connectivity index (χ3n) is 1.35. The number of hydrogen-bond acceptors (Lipinski definition) is 2. The van der Waals surface area contributed by atoms with Gasteiger partial charge in [-0.15, -0.1) is 13.2 Å². The van der Waals surface area contributed by atoms with Gasteiger partial charge in [-0.05, 0) is 6.42 Å². The monoisotopic (exact) mass is 166 g/mol. The minimum absolute atomic E-state index is 0.250. The minimum Gasteiger partial charge on any atom is -0.461 e. The zero-order chi connectivity index (χ0) is 9.40. The van der Waals surface area contributed by atoms with E-state index in [0.29, 0.717) is 6.42 Å². The molecule has 0 aliphatic heterocycles. The smallest absolute Gasteiger partial charge is 0.313 e. The molecule has 0 aromatic carbocycles. The van der Waals surface area contributed by atoms with E-state index in [-0.39, 0.29) is 18.5 Å². The minimum atomic E-state index is -0.276. The van der Waals surface area contributed by atoms with Gasteiger partial charge in [0.15, 0.2) is 0 Å². The van der Waals surface area contributed by atoms with Gasteiger partial charge in [-0.25, -0.2) is 0 Å². The Labute approximate surface area is 73.2 Å². The van der Waals surface area contributed by atoms with E-state index in [4.69, 9.17) is 4.74 Å². The van der Waals surface area contributed by atoms with E-state index >= 15 is 0 Å². The summed E-state index contributed by atoms with van der Waals surface area (Å²) in [6.45, 7) is 10.8. The second kappa shape index (κ2) is 6.40. The molecule has 1 atom stereocenters. The fourth-order valence-corrected chi connectivity index (χ4v) is 0.716. The van der Waals surface area contributed by atoms with Gasteiger partial charge in [-0.2, -0.15) is 0 Å². The van der Waals surface area contributed by atoms with Crippen molar-refractivity contribution in [3.63, 3.8) is 0 Å². The molecule has 2 heteroatoms. The summed E-state index contributed by atoms with van der Waals surface area (Å²) in [6, 6.07) is 0. The molecule has 0 aliphatic rings. The molecule has 0 fully saturated rings. The molecule has 0 aromatic rings. The lowest BCUT2D eigenvalue weighted by atomic mass is 10.1. The quantitative estimate of drug-likeness (QED) is 0.446. The normalized spacial score (nSPS) is 11.3. The Kier molecular flexibility index (Phi) is 5.70. The van der Waals surface area contributed by atoms with Crippen LogP contribution in [0.15, 0.2) is 38.0 Å². The van der Waals surface area contributed by atoms with Crippen LogP contribution >= 0.6 is 0 Å². The number of ether oxygens (including phenoxy) is 1. The molecule has 0 amide bonds. The maximum atomic E-state index is 11.1. The van der Waals surface area contributed by atoms with Gasteiger partial charge in [0.25, 0.3) is 0 Å². The SMILES string of the molecule is C=CCOC(=O)C(C=C)CC=C. The standard InChI is InChI=1S/C10H14O2/c1-4-7-9(6-3)10(11)12-8-5-2/h4-6,9H,1-3,7-8H2. The molecule has 0 aromatic heterocycles. The topological polar surface area (TPSA) is 26.3 Å². The first-order valence-electron chi connectivity index (χ1n) is 3.77. The molecule has 0 saturated heterocycles. The van der Waals surface area contributed by atoms with Crippen LogP contribution in [-0.2, 0) is 9.53 Å². The lowest BCUT2D eigenvalue weighted by molar-refractivity contribution is -0.145. The number of carbonyl (C=O) groups excluding carboxylic acids is 1. The van der Waals surface area contributed by atoms with Crippen LogP contribution in [0.2, 0.25) is 0 Å². The van der Waals surface area contributed by atoms with Gasteiger partial charge in [0.05, 0.1) is 5.92 Å². The van der Waals surface area contributed by atoms with Crippen LogP contribution in [0.4, 0.5) is 0 Å². The second-order valence-electron chi connectivity index (χ2n) is 2.29. The summed E-state index contributed by atoms with van der Waals surface area (Å²) in [5.41, 5.74) is 0. The van der Waals surface area contributed by atoms with Crippen LogP contribution < -0.4 is 0 Å². The predicted molar refractivity (Wildman–Crippen MR) is 49.7 cm³/mol. The first-order valence-corrected chi connectivity index (χ1v) is 3.77. The highest BCUT2D eigenvalue weighted by molar-refractivity contribution is 5.74. The van der Waals surface area contributed by atoms with Crippen LogP contribution in [0.5, 0.6) is 0 Å². The Morgan fingerprint density at radius 1 is 1.33 bits per heavy atom. The molecule has 0 aliphatic carbocycles. The van der Waals surface area contributed by atoms with Crippen molar-refractivity contribution < 1.29 is 9.53 Å². The number of allylic oxidation sites excluding steroid dienone is 1. The van der Waals surface area contributed by atoms with Gasteiger partial charge >= 0.3 is 5.97 Å². The van der Waals surface area contributed by atoms with Crippen LogP contribution in [-0.4, -0.2) is 12.6 Å². The molecule has 0 rings (SSSR count). The predicted octanol–water partition coefficient (Wildman–Crippen LogP) is 2.09. The lowest BCUT2D eigenvalue weighted by Crippen LogP contribution is -2.14. The van der Waals surface area contributed by atoms with E-state index in [9.17, 15) is 4.79 Å². The van der Waals surface area contributed by atoms with Crippen molar-refractivity contribution in [2.45, 2.75) is 6.42 Å². The van der Waals surface area contributed by atoms with Crippen LogP contribution in [0.25, 0.3) is 0 Å². The molecular formula is C10H14O2. The summed E-state index contributed by atoms with van der Waals surface area (Å²) in [5.74, 6) is -0.549. The Morgan fingerprint density at radius 3 is 2.42 bits per heavy atom. The average molecular weight is 166 g/mol. The van der Waals surface area contributed by atoms with Crippen molar-refractivity contribution >= 4 is 5.97 Å². The molecular weight excluding hydrogens is 152 g/mol. The summed E-state index contributed by atoms with van der Waals surface area (Å²) >= 11 is 0. The highest BCUT2D eigenvalue weighted by Gasteiger charge is 2.13. The van der Waals surface area contributed by atoms with Crippen molar-refractivity contribution in [1.29, 1.82) is 0 Å². The maximum absolute atomic E-state index is 11.1. The Hall–Kier alpha value is -1.31. The van der Waals surface area contributed by atoms with Crippen molar-refractivity contribution in [2.24, 2.45) is 5.92 Å². The van der Waals surface area contributed by atoms with Gasteiger partial charge in [0, 0.05) is 0 Å². The molecule has 1 unspecified atom stereocenters. The zero-order valence-electron chi connectivity index (χ0n) is 7.16. The highest BCUT2D eigenvalue weighted by atomic mass is 16.5. The highest BCUT2D eigenvalue weighted by Crippen LogP contribution is 2.07. The van der Waals surface area contributed by atoms with Gasteiger partial charge < -0.3 is 4.74 Å². The van der Waals surface area contributed by atoms with E-state index < -0.39 is 0 Å². The molecule has 0 spiro atoms. The molecule has 0 heterocycles. The van der Waals surface area contributed by atoms with Gasteiger partial charge in [0.1, 0.15) is 6.61 Å². The van der Waals surface area contributed by atoms with Crippen molar-refractivity contribution in [1.82, 2.24) is 0 Å². The summed E-state index contributed by atoms with van der Waals surface area (Å²) in [5, 5.41) is 0. The zero-order valence-corrected chi connectivity index (χ0v) is 7.16. The van der Waals surface area contributed by atoms with Crippen LogP contribution in [0, 0.1) is 5.92 Å². The largest absolute Gasteiger partial charge is 0.461 e. The summed E-state index contributed by atoms with van der Waals surface area (Å²) in [6.07, 6.45) is 5.33. The average Bonchev–Trinajstić information content (AvgIpc) is 2.10. The molecule has 2 nitrogen and oxygen atoms in total. The van der Waals surface area contributed by atoms with Crippen LogP contribution in [0.1, 0.15) is 6.42 Å². The van der Waals surface area contributed by atoms with Crippen molar-refractivity contribution in [3.8, 4) is 0 Å². The Balaban J connectivity index is 3.92. The Morgan fingerprint density at radius 2 is 2.00 bits per heavy atom. The maximum Gasteiger partial charge on any atom is 0.313 e. The van der Waals surface area contributed by atoms with Gasteiger partial charge in [-0.3, -0.25) is 4.79 Å². The number of carbonyl (C=O) groups is 1. The van der Waals surface area contributed by atoms with E-state index in [0.717, 1.165) is 0 Å². The van der Waals surface area contributed by atoms with Gasteiger partial charge in [-0.1, -0.05) is 24.8 Å². The summed E-state index contributed by atoms with van der Waals surface area (Å²) < 4.78 is 4.82. The van der Waals surface area contributed by atoms with E-state index in [1.54, 1.807) is 12.2 Å². The van der Waals surface area contributed by atoms with E-state index in [2.05, 4.69) is 19.7 Å². The third kappa shape index (κ3) is 3.76. The van der Waals surface area contributed by atoms with E-state index in [1.165, 1.54) is 6.08 Å². The fourth-order valence-electron chi connectivity index (χ4n) is 0.716. The molecule has 66 valence electrons. The van der Waals surface area contributed by atoms with Crippen LogP contribution in [0.3, 0.4) is 0 Å². The molecule has 0 saturated carbocycles. The molecule has 0 radical (unpaired) electrons. The van der Waals surface area contributed by atoms with Crippen molar-refractivity contribution in [3.05, 3.63) is 38.0 Å². The van der Waals surface area contributed by atoms with E-state index in [1.807, 2.05) is 0 Å². The Bertz CT molecular complexity index is 182. The fraction of sp³-hybridized carbons (Fsp3) is 0.300. The summed E-state index contributed by atoms with van der Waals surface area (Å²) in [4.78, 5) is 11.1. The number of hydrogen-bond donors (Lipinski definition) is 0. The molecule has 12 heavy (non-hydrogen) atoms. The van der Waals surface area contributed by atoms with Crippen molar-refractivity contribution in [2.75, 3.05) is 6.61 Å².